The van der Waals surface area contributed by atoms with Crippen LogP contribution >= 0.6 is 0 Å². The molecule has 0 radical (unpaired) electrons. The highest BCUT2D eigenvalue weighted by Crippen LogP contribution is 2.22. The van der Waals surface area contributed by atoms with E-state index in [4.69, 9.17) is 4.74 Å². The number of hydrogen-bond donors (Lipinski definition) is 0. The van der Waals surface area contributed by atoms with Gasteiger partial charge in [0.15, 0.2) is 0 Å². The van der Waals surface area contributed by atoms with Crippen molar-refractivity contribution in [2.24, 2.45) is 0 Å². The topological polar surface area (TPSA) is 9.23 Å². The van der Waals surface area contributed by atoms with E-state index in [0.29, 0.717) is 0 Å². The quantitative estimate of drug-likeness (QED) is 0.731. The van der Waals surface area contributed by atoms with Gasteiger partial charge in [0.25, 0.3) is 0 Å². The highest BCUT2D eigenvalue weighted by molar-refractivity contribution is 5.35. The van der Waals surface area contributed by atoms with Crippen LogP contribution in [0, 0.1) is 6.92 Å². The number of rotatable bonds is 4. The van der Waals surface area contributed by atoms with Crippen molar-refractivity contribution in [2.45, 2.75) is 26.7 Å². The van der Waals surface area contributed by atoms with Crippen LogP contribution in [-0.2, 0) is 6.42 Å². The molecule has 1 nitrogen and oxygen atoms in total. The molecular weight excluding hydrogens is 208 g/mol. The van der Waals surface area contributed by atoms with E-state index in [9.17, 15) is 0 Å². The highest BCUT2D eigenvalue weighted by atomic mass is 16.5. The van der Waals surface area contributed by atoms with Gasteiger partial charge in [0.05, 0.1) is 0 Å². The SMILES string of the molecule is CCCc1cccc(Oc2ccc(C)cc2)c1. The van der Waals surface area contributed by atoms with Gasteiger partial charge in [-0.2, -0.15) is 0 Å². The fraction of sp³-hybridized carbons (Fsp3) is 0.250. The molecule has 0 unspecified atom stereocenters. The first-order valence-corrected chi connectivity index (χ1v) is 6.11. The Hall–Kier alpha value is -1.76. The third-order valence-electron chi connectivity index (χ3n) is 2.69. The summed E-state index contributed by atoms with van der Waals surface area (Å²) in [6.07, 6.45) is 2.26. The van der Waals surface area contributed by atoms with Crippen LogP contribution in [0.5, 0.6) is 11.5 Å². The van der Waals surface area contributed by atoms with Crippen LogP contribution in [-0.4, -0.2) is 0 Å². The van der Waals surface area contributed by atoms with Crippen LogP contribution in [0.1, 0.15) is 24.5 Å². The zero-order chi connectivity index (χ0) is 12.1. The van der Waals surface area contributed by atoms with Crippen LogP contribution in [0.15, 0.2) is 48.5 Å². The van der Waals surface area contributed by atoms with E-state index in [1.165, 1.54) is 11.1 Å². The Labute approximate surface area is 103 Å². The monoisotopic (exact) mass is 226 g/mol. The summed E-state index contributed by atoms with van der Waals surface area (Å²) >= 11 is 0. The predicted octanol–water partition coefficient (Wildman–Crippen LogP) is 4.74. The lowest BCUT2D eigenvalue weighted by Crippen LogP contribution is -1.87. The Morgan fingerprint density at radius 2 is 1.71 bits per heavy atom. The van der Waals surface area contributed by atoms with Crippen molar-refractivity contribution in [3.05, 3.63) is 59.7 Å². The van der Waals surface area contributed by atoms with Crippen molar-refractivity contribution >= 4 is 0 Å². The summed E-state index contributed by atoms with van der Waals surface area (Å²) in [5.74, 6) is 1.81. The molecule has 0 aromatic heterocycles. The molecule has 0 aliphatic carbocycles. The molecule has 17 heavy (non-hydrogen) atoms. The zero-order valence-corrected chi connectivity index (χ0v) is 10.4. The van der Waals surface area contributed by atoms with E-state index in [1.807, 2.05) is 18.2 Å². The van der Waals surface area contributed by atoms with Crippen LogP contribution in [0.3, 0.4) is 0 Å². The Kier molecular flexibility index (Phi) is 3.81. The van der Waals surface area contributed by atoms with Crippen LogP contribution in [0.4, 0.5) is 0 Å². The van der Waals surface area contributed by atoms with Crippen molar-refractivity contribution in [1.29, 1.82) is 0 Å². The van der Waals surface area contributed by atoms with Gasteiger partial charge >= 0.3 is 0 Å². The fourth-order valence-electron chi connectivity index (χ4n) is 1.80. The molecule has 2 aromatic carbocycles. The van der Waals surface area contributed by atoms with Gasteiger partial charge in [-0.05, 0) is 43.2 Å². The zero-order valence-electron chi connectivity index (χ0n) is 10.4. The first-order chi connectivity index (χ1) is 8.28. The first kappa shape index (κ1) is 11.7. The summed E-state index contributed by atoms with van der Waals surface area (Å²) in [6, 6.07) is 16.4. The molecule has 0 aliphatic heterocycles. The van der Waals surface area contributed by atoms with Crippen molar-refractivity contribution in [3.63, 3.8) is 0 Å². The highest BCUT2D eigenvalue weighted by Gasteiger charge is 1.98. The van der Waals surface area contributed by atoms with Crippen molar-refractivity contribution in [2.75, 3.05) is 0 Å². The normalized spacial score (nSPS) is 10.2. The Morgan fingerprint density at radius 1 is 0.941 bits per heavy atom. The number of benzene rings is 2. The molecule has 88 valence electrons. The van der Waals surface area contributed by atoms with E-state index in [1.54, 1.807) is 0 Å². The molecular formula is C16H18O. The van der Waals surface area contributed by atoms with Crippen LogP contribution in [0.25, 0.3) is 0 Å². The average molecular weight is 226 g/mol. The van der Waals surface area contributed by atoms with Crippen molar-refractivity contribution in [3.8, 4) is 11.5 Å². The lowest BCUT2D eigenvalue weighted by molar-refractivity contribution is 0.482. The van der Waals surface area contributed by atoms with Gasteiger partial charge in [0.2, 0.25) is 0 Å². The number of hydrogen-bond acceptors (Lipinski definition) is 1. The number of aryl methyl sites for hydroxylation is 2. The molecule has 0 aliphatic rings. The summed E-state index contributed by atoms with van der Waals surface area (Å²) in [7, 11) is 0. The molecule has 0 spiro atoms. The maximum atomic E-state index is 5.82. The molecule has 0 atom stereocenters. The Morgan fingerprint density at radius 3 is 2.41 bits per heavy atom. The standard InChI is InChI=1S/C16H18O/c1-3-5-14-6-4-7-16(12-14)17-15-10-8-13(2)9-11-15/h4,6-12H,3,5H2,1-2H3. The molecule has 0 saturated carbocycles. The summed E-state index contributed by atoms with van der Waals surface area (Å²) in [4.78, 5) is 0. The average Bonchev–Trinajstić information content (AvgIpc) is 2.33. The predicted molar refractivity (Wildman–Crippen MR) is 71.7 cm³/mol. The molecule has 0 fully saturated rings. The summed E-state index contributed by atoms with van der Waals surface area (Å²) in [5.41, 5.74) is 2.58. The molecule has 0 amide bonds. The van der Waals surface area contributed by atoms with Gasteiger partial charge in [0.1, 0.15) is 11.5 Å². The fourth-order valence-corrected chi connectivity index (χ4v) is 1.80. The van der Waals surface area contributed by atoms with Gasteiger partial charge in [-0.15, -0.1) is 0 Å². The van der Waals surface area contributed by atoms with Crippen molar-refractivity contribution < 1.29 is 4.74 Å². The number of ether oxygens (including phenoxy) is 1. The van der Waals surface area contributed by atoms with Gasteiger partial charge in [-0.25, -0.2) is 0 Å². The molecule has 0 bridgehead atoms. The largest absolute Gasteiger partial charge is 0.457 e. The Balaban J connectivity index is 2.12. The molecule has 2 aromatic rings. The molecule has 2 rings (SSSR count). The summed E-state index contributed by atoms with van der Waals surface area (Å²) < 4.78 is 5.82. The second-order valence-corrected chi connectivity index (χ2v) is 4.31. The van der Waals surface area contributed by atoms with Crippen LogP contribution in [0.2, 0.25) is 0 Å². The minimum atomic E-state index is 0.893. The van der Waals surface area contributed by atoms with E-state index in [-0.39, 0.29) is 0 Å². The maximum absolute atomic E-state index is 5.82. The maximum Gasteiger partial charge on any atom is 0.127 e. The van der Waals surface area contributed by atoms with Gasteiger partial charge < -0.3 is 4.74 Å². The third kappa shape index (κ3) is 3.35. The van der Waals surface area contributed by atoms with Crippen LogP contribution < -0.4 is 4.74 Å². The molecule has 1 heteroatoms. The lowest BCUT2D eigenvalue weighted by atomic mass is 10.1. The minimum absolute atomic E-state index is 0.893. The smallest absolute Gasteiger partial charge is 0.127 e. The molecule has 0 saturated heterocycles. The van der Waals surface area contributed by atoms with E-state index in [0.717, 1.165) is 24.3 Å². The summed E-state index contributed by atoms with van der Waals surface area (Å²) in [6.45, 7) is 4.26. The second kappa shape index (κ2) is 5.53. The van der Waals surface area contributed by atoms with Gasteiger partial charge in [-0.1, -0.05) is 43.2 Å². The van der Waals surface area contributed by atoms with E-state index < -0.39 is 0 Å². The molecule has 0 N–H and O–H groups in total. The molecule has 0 heterocycles. The third-order valence-corrected chi connectivity index (χ3v) is 2.69. The minimum Gasteiger partial charge on any atom is -0.457 e. The second-order valence-electron chi connectivity index (χ2n) is 4.31. The lowest BCUT2D eigenvalue weighted by Gasteiger charge is -2.07. The van der Waals surface area contributed by atoms with Crippen molar-refractivity contribution in [1.82, 2.24) is 0 Å². The van der Waals surface area contributed by atoms with Gasteiger partial charge in [-0.3, -0.25) is 0 Å². The van der Waals surface area contributed by atoms with E-state index in [2.05, 4.69) is 44.2 Å². The van der Waals surface area contributed by atoms with Gasteiger partial charge in [0, 0.05) is 0 Å². The van der Waals surface area contributed by atoms with E-state index >= 15 is 0 Å². The summed E-state index contributed by atoms with van der Waals surface area (Å²) in [5, 5.41) is 0. The first-order valence-electron chi connectivity index (χ1n) is 6.11. The Bertz CT molecular complexity index is 471.